The molecular formula is C22H26N4O2S. The van der Waals surface area contributed by atoms with Gasteiger partial charge in [-0.1, -0.05) is 43.8 Å². The predicted molar refractivity (Wildman–Crippen MR) is 117 cm³/mol. The molecule has 3 aromatic rings. The molecule has 152 valence electrons. The lowest BCUT2D eigenvalue weighted by molar-refractivity contribution is -0.120. The Balaban J connectivity index is 1.90. The number of rotatable bonds is 8. The van der Waals surface area contributed by atoms with E-state index in [1.54, 1.807) is 23.0 Å². The maximum atomic E-state index is 13.1. The summed E-state index contributed by atoms with van der Waals surface area (Å²) in [5.41, 5.74) is 1.42. The van der Waals surface area contributed by atoms with Gasteiger partial charge in [0, 0.05) is 18.9 Å². The minimum atomic E-state index is -0.365. The number of hydrogen-bond donors (Lipinski definition) is 1. The van der Waals surface area contributed by atoms with Crippen molar-refractivity contribution in [2.45, 2.75) is 44.1 Å². The molecule has 1 amide bonds. The molecular weight excluding hydrogens is 384 g/mol. The van der Waals surface area contributed by atoms with Crippen molar-refractivity contribution in [3.8, 4) is 0 Å². The maximum Gasteiger partial charge on any atom is 0.262 e. The number of nitrogens with zero attached hydrogens (tertiary/aromatic N) is 3. The van der Waals surface area contributed by atoms with Gasteiger partial charge in [-0.15, -0.1) is 0 Å². The highest BCUT2D eigenvalue weighted by molar-refractivity contribution is 8.00. The fourth-order valence-electron chi connectivity index (χ4n) is 2.89. The zero-order valence-corrected chi connectivity index (χ0v) is 17.8. The van der Waals surface area contributed by atoms with E-state index in [1.165, 1.54) is 11.8 Å². The third-order valence-electron chi connectivity index (χ3n) is 4.56. The van der Waals surface area contributed by atoms with Crippen molar-refractivity contribution in [2.75, 3.05) is 6.54 Å². The van der Waals surface area contributed by atoms with Gasteiger partial charge in [-0.2, -0.15) is 0 Å². The summed E-state index contributed by atoms with van der Waals surface area (Å²) in [6, 6.07) is 11.1. The van der Waals surface area contributed by atoms with E-state index >= 15 is 0 Å². The number of thioether (sulfide) groups is 1. The first kappa shape index (κ1) is 21.0. The minimum absolute atomic E-state index is 0.0500. The predicted octanol–water partition coefficient (Wildman–Crippen LogP) is 3.48. The molecule has 0 aliphatic heterocycles. The van der Waals surface area contributed by atoms with E-state index in [0.717, 1.165) is 12.0 Å². The van der Waals surface area contributed by atoms with Gasteiger partial charge in [0.1, 0.15) is 0 Å². The molecule has 0 aliphatic carbocycles. The second-order valence-electron chi connectivity index (χ2n) is 7.40. The molecule has 0 radical (unpaired) electrons. The van der Waals surface area contributed by atoms with Crippen LogP contribution in [0.5, 0.6) is 0 Å². The number of aromatic nitrogens is 3. The minimum Gasteiger partial charge on any atom is -0.355 e. The Morgan fingerprint density at radius 2 is 1.97 bits per heavy atom. The number of nitrogens with one attached hydrogen (secondary N) is 1. The SMILES string of the molecule is CC(C)CCNC(=O)C(C)Sc1nc2ccccc2c(=O)n1Cc1cccnc1. The highest BCUT2D eigenvalue weighted by Crippen LogP contribution is 2.23. The van der Waals surface area contributed by atoms with Crippen molar-refractivity contribution in [1.29, 1.82) is 0 Å². The molecule has 1 unspecified atom stereocenters. The van der Waals surface area contributed by atoms with Gasteiger partial charge >= 0.3 is 0 Å². The lowest BCUT2D eigenvalue weighted by Gasteiger charge is -2.16. The number of pyridine rings is 1. The molecule has 0 saturated heterocycles. The Morgan fingerprint density at radius 3 is 2.69 bits per heavy atom. The van der Waals surface area contributed by atoms with Crippen LogP contribution in [0, 0.1) is 5.92 Å². The second kappa shape index (κ2) is 9.69. The van der Waals surface area contributed by atoms with Crippen molar-refractivity contribution in [1.82, 2.24) is 19.9 Å². The first-order valence-electron chi connectivity index (χ1n) is 9.78. The lowest BCUT2D eigenvalue weighted by atomic mass is 10.1. The van der Waals surface area contributed by atoms with Crippen LogP contribution in [0.3, 0.4) is 0 Å². The van der Waals surface area contributed by atoms with Crippen molar-refractivity contribution >= 4 is 28.6 Å². The van der Waals surface area contributed by atoms with E-state index in [4.69, 9.17) is 0 Å². The first-order valence-corrected chi connectivity index (χ1v) is 10.7. The van der Waals surface area contributed by atoms with Crippen LogP contribution in [0.2, 0.25) is 0 Å². The Labute approximate surface area is 174 Å². The van der Waals surface area contributed by atoms with Crippen molar-refractivity contribution in [3.63, 3.8) is 0 Å². The molecule has 7 heteroatoms. The normalized spacial score (nSPS) is 12.3. The molecule has 29 heavy (non-hydrogen) atoms. The van der Waals surface area contributed by atoms with E-state index in [9.17, 15) is 9.59 Å². The largest absolute Gasteiger partial charge is 0.355 e. The molecule has 0 fully saturated rings. The fourth-order valence-corrected chi connectivity index (χ4v) is 3.82. The van der Waals surface area contributed by atoms with Gasteiger partial charge in [0.2, 0.25) is 5.91 Å². The summed E-state index contributed by atoms with van der Waals surface area (Å²) in [7, 11) is 0. The van der Waals surface area contributed by atoms with E-state index in [0.29, 0.717) is 35.1 Å². The van der Waals surface area contributed by atoms with Gasteiger partial charge < -0.3 is 5.32 Å². The van der Waals surface area contributed by atoms with Crippen molar-refractivity contribution < 1.29 is 4.79 Å². The molecule has 1 atom stereocenters. The van der Waals surface area contributed by atoms with E-state index in [-0.39, 0.29) is 16.7 Å². The van der Waals surface area contributed by atoms with Crippen molar-refractivity contribution in [2.24, 2.45) is 5.92 Å². The first-order chi connectivity index (χ1) is 14.0. The van der Waals surface area contributed by atoms with Gasteiger partial charge in [-0.05, 0) is 43.0 Å². The van der Waals surface area contributed by atoms with Gasteiger partial charge in [0.05, 0.1) is 22.7 Å². The van der Waals surface area contributed by atoms with Gasteiger partial charge in [0.25, 0.3) is 5.56 Å². The van der Waals surface area contributed by atoms with Crippen LogP contribution >= 0.6 is 11.8 Å². The fraction of sp³-hybridized carbons (Fsp3) is 0.364. The molecule has 1 aromatic carbocycles. The number of benzene rings is 1. The summed E-state index contributed by atoms with van der Waals surface area (Å²) < 4.78 is 1.63. The van der Waals surface area contributed by atoms with Gasteiger partial charge in [-0.3, -0.25) is 19.1 Å². The van der Waals surface area contributed by atoms with Crippen LogP contribution in [0.15, 0.2) is 58.7 Å². The maximum absolute atomic E-state index is 13.1. The average Bonchev–Trinajstić information content (AvgIpc) is 2.71. The molecule has 0 bridgehead atoms. The summed E-state index contributed by atoms with van der Waals surface area (Å²) in [4.78, 5) is 34.5. The number of hydrogen-bond acceptors (Lipinski definition) is 5. The molecule has 0 spiro atoms. The molecule has 6 nitrogen and oxygen atoms in total. The molecule has 2 heterocycles. The topological polar surface area (TPSA) is 76.9 Å². The highest BCUT2D eigenvalue weighted by atomic mass is 32.2. The summed E-state index contributed by atoms with van der Waals surface area (Å²) in [6.07, 6.45) is 4.37. The lowest BCUT2D eigenvalue weighted by Crippen LogP contribution is -2.33. The quantitative estimate of drug-likeness (QED) is 0.454. The van der Waals surface area contributed by atoms with Crippen LogP contribution in [0.1, 0.15) is 32.8 Å². The Hall–Kier alpha value is -2.67. The van der Waals surface area contributed by atoms with Crippen LogP contribution < -0.4 is 10.9 Å². The van der Waals surface area contributed by atoms with Crippen LogP contribution in [-0.2, 0) is 11.3 Å². The monoisotopic (exact) mass is 410 g/mol. The number of carbonyl (C=O) groups is 1. The third-order valence-corrected chi connectivity index (χ3v) is 5.65. The zero-order valence-electron chi connectivity index (χ0n) is 17.0. The summed E-state index contributed by atoms with van der Waals surface area (Å²) >= 11 is 1.30. The summed E-state index contributed by atoms with van der Waals surface area (Å²) in [5.74, 6) is 0.482. The number of para-hydroxylation sites is 1. The zero-order chi connectivity index (χ0) is 20.8. The van der Waals surface area contributed by atoms with Crippen LogP contribution in [0.4, 0.5) is 0 Å². The average molecular weight is 411 g/mol. The highest BCUT2D eigenvalue weighted by Gasteiger charge is 2.19. The second-order valence-corrected chi connectivity index (χ2v) is 8.71. The molecule has 0 aliphatic rings. The summed E-state index contributed by atoms with van der Waals surface area (Å²) in [5, 5.41) is 3.70. The van der Waals surface area contributed by atoms with Gasteiger partial charge in [0.15, 0.2) is 5.16 Å². The van der Waals surface area contributed by atoms with E-state index < -0.39 is 0 Å². The van der Waals surface area contributed by atoms with Crippen LogP contribution in [0.25, 0.3) is 10.9 Å². The molecule has 0 saturated carbocycles. The summed E-state index contributed by atoms with van der Waals surface area (Å²) in [6.45, 7) is 7.09. The number of fused-ring (bicyclic) bond motifs is 1. The van der Waals surface area contributed by atoms with Crippen LogP contribution in [-0.4, -0.2) is 32.2 Å². The Kier molecular flexibility index (Phi) is 7.04. The standard InChI is InChI=1S/C22H26N4O2S/c1-15(2)10-12-24-20(27)16(3)29-22-25-19-9-5-4-8-18(19)21(28)26(22)14-17-7-6-11-23-13-17/h4-9,11,13,15-16H,10,12,14H2,1-3H3,(H,24,27). The Morgan fingerprint density at radius 1 is 1.17 bits per heavy atom. The van der Waals surface area contributed by atoms with Crippen molar-refractivity contribution in [3.05, 3.63) is 64.7 Å². The number of amides is 1. The molecule has 1 N–H and O–H groups in total. The van der Waals surface area contributed by atoms with E-state index in [1.807, 2.05) is 37.3 Å². The Bertz CT molecular complexity index is 1030. The third kappa shape index (κ3) is 5.44. The molecule has 2 aromatic heterocycles. The smallest absolute Gasteiger partial charge is 0.262 e. The molecule has 3 rings (SSSR count). The van der Waals surface area contributed by atoms with E-state index in [2.05, 4.69) is 29.1 Å². The number of carbonyl (C=O) groups excluding carboxylic acids is 1. The van der Waals surface area contributed by atoms with Gasteiger partial charge in [-0.25, -0.2) is 4.98 Å².